The number of thiazole rings is 1. The van der Waals surface area contributed by atoms with E-state index in [1.807, 2.05) is 18.2 Å². The maximum absolute atomic E-state index is 11.1. The number of fused-ring (bicyclic) bond motifs is 3. The highest BCUT2D eigenvalue weighted by Gasteiger charge is 2.21. The fourth-order valence-corrected chi connectivity index (χ4v) is 3.27. The van der Waals surface area contributed by atoms with Crippen molar-refractivity contribution in [2.24, 2.45) is 0 Å². The number of hydrogen-bond donors (Lipinski definition) is 0. The summed E-state index contributed by atoms with van der Waals surface area (Å²) in [7, 11) is 0. The number of benzene rings is 1. The van der Waals surface area contributed by atoms with Crippen molar-refractivity contribution in [3.05, 3.63) is 39.4 Å². The smallest absolute Gasteiger partial charge is 0.358 e. The molecule has 0 spiro atoms. The second kappa shape index (κ2) is 4.55. The van der Waals surface area contributed by atoms with Gasteiger partial charge in [0.25, 0.3) is 0 Å². The van der Waals surface area contributed by atoms with E-state index < -0.39 is 4.92 Å². The summed E-state index contributed by atoms with van der Waals surface area (Å²) >= 11 is 1.53. The Hall–Kier alpha value is -2.08. The highest BCUT2D eigenvalue weighted by molar-refractivity contribution is 7.19. The number of nitro groups is 1. The third kappa shape index (κ3) is 1.94. The lowest BCUT2D eigenvalue weighted by atomic mass is 10.2. The van der Waals surface area contributed by atoms with Crippen LogP contribution in [0.4, 0.5) is 5.82 Å². The molecule has 2 heterocycles. The van der Waals surface area contributed by atoms with Crippen LogP contribution in [0.2, 0.25) is 0 Å². The number of aryl methyl sites for hydroxylation is 1. The SMILES string of the molecule is CCCc1nc2c([N+](=O)[O-])nc3ccccc3c2s1. The molecule has 3 rings (SSSR count). The quantitative estimate of drug-likeness (QED) is 0.539. The molecule has 0 aliphatic carbocycles. The Kier molecular flexibility index (Phi) is 2.87. The molecule has 0 fully saturated rings. The standard InChI is InChI=1S/C13H11N3O2S/c1-2-5-10-15-11-12(19-10)8-6-3-4-7-9(8)14-13(11)16(17)18/h3-4,6-7H,2,5H2,1H3. The van der Waals surface area contributed by atoms with Gasteiger partial charge < -0.3 is 10.1 Å². The Morgan fingerprint density at radius 2 is 2.11 bits per heavy atom. The van der Waals surface area contributed by atoms with Crippen LogP contribution in [0, 0.1) is 10.1 Å². The van der Waals surface area contributed by atoms with Crippen molar-refractivity contribution in [3.8, 4) is 0 Å². The Balaban J connectivity index is 2.42. The molecule has 0 aliphatic heterocycles. The van der Waals surface area contributed by atoms with Crippen LogP contribution in [-0.2, 0) is 6.42 Å². The molecule has 6 heteroatoms. The van der Waals surface area contributed by atoms with Gasteiger partial charge in [-0.05, 0) is 34.9 Å². The van der Waals surface area contributed by atoms with Gasteiger partial charge in [0.1, 0.15) is 0 Å². The minimum atomic E-state index is -0.454. The predicted molar refractivity (Wildman–Crippen MR) is 75.6 cm³/mol. The van der Waals surface area contributed by atoms with Crippen LogP contribution in [0.5, 0.6) is 0 Å². The average Bonchev–Trinajstić information content (AvgIpc) is 2.81. The molecule has 0 bridgehead atoms. The molecule has 0 N–H and O–H groups in total. The minimum Gasteiger partial charge on any atom is -0.358 e. The number of nitrogens with zero attached hydrogens (tertiary/aromatic N) is 3. The van der Waals surface area contributed by atoms with E-state index in [4.69, 9.17) is 0 Å². The van der Waals surface area contributed by atoms with Crippen LogP contribution in [0.3, 0.4) is 0 Å². The second-order valence-corrected chi connectivity index (χ2v) is 5.33. The molecule has 0 saturated carbocycles. The van der Waals surface area contributed by atoms with E-state index in [9.17, 15) is 10.1 Å². The molecule has 19 heavy (non-hydrogen) atoms. The minimum absolute atomic E-state index is 0.146. The predicted octanol–water partition coefficient (Wildman–Crippen LogP) is 3.71. The van der Waals surface area contributed by atoms with Gasteiger partial charge in [-0.3, -0.25) is 0 Å². The normalized spacial score (nSPS) is 11.2. The first-order valence-corrected chi connectivity index (χ1v) is 6.85. The second-order valence-electron chi connectivity index (χ2n) is 4.25. The van der Waals surface area contributed by atoms with Gasteiger partial charge in [-0.1, -0.05) is 19.1 Å². The van der Waals surface area contributed by atoms with Crippen molar-refractivity contribution in [2.45, 2.75) is 19.8 Å². The van der Waals surface area contributed by atoms with Crippen molar-refractivity contribution in [1.29, 1.82) is 0 Å². The van der Waals surface area contributed by atoms with Gasteiger partial charge in [-0.2, -0.15) is 0 Å². The highest BCUT2D eigenvalue weighted by Crippen LogP contribution is 2.34. The zero-order valence-electron chi connectivity index (χ0n) is 10.3. The summed E-state index contributed by atoms with van der Waals surface area (Å²) in [5.41, 5.74) is 1.06. The molecule has 0 atom stereocenters. The maximum atomic E-state index is 11.1. The number of aromatic nitrogens is 2. The van der Waals surface area contributed by atoms with E-state index in [0.717, 1.165) is 27.9 Å². The molecule has 3 aromatic rings. The molecule has 0 radical (unpaired) electrons. The number of pyridine rings is 1. The van der Waals surface area contributed by atoms with E-state index in [1.165, 1.54) is 11.3 Å². The van der Waals surface area contributed by atoms with Crippen molar-refractivity contribution in [2.75, 3.05) is 0 Å². The van der Waals surface area contributed by atoms with Crippen molar-refractivity contribution in [1.82, 2.24) is 9.97 Å². The zero-order chi connectivity index (χ0) is 13.4. The lowest BCUT2D eigenvalue weighted by Gasteiger charge is -1.96. The highest BCUT2D eigenvalue weighted by atomic mass is 32.1. The molecule has 0 aliphatic rings. The van der Waals surface area contributed by atoms with E-state index in [0.29, 0.717) is 11.0 Å². The van der Waals surface area contributed by atoms with E-state index in [-0.39, 0.29) is 5.82 Å². The topological polar surface area (TPSA) is 68.9 Å². The average molecular weight is 273 g/mol. The van der Waals surface area contributed by atoms with Gasteiger partial charge in [-0.25, -0.2) is 4.98 Å². The van der Waals surface area contributed by atoms with Gasteiger partial charge in [0.05, 0.1) is 9.71 Å². The first kappa shape index (κ1) is 12.0. The number of para-hydroxylation sites is 1. The van der Waals surface area contributed by atoms with E-state index in [2.05, 4.69) is 16.9 Å². The number of hydrogen-bond acceptors (Lipinski definition) is 5. The van der Waals surface area contributed by atoms with Crippen molar-refractivity contribution >= 4 is 38.3 Å². The fourth-order valence-electron chi connectivity index (χ4n) is 2.08. The summed E-state index contributed by atoms with van der Waals surface area (Å²) in [5, 5.41) is 13.0. The first-order chi connectivity index (χ1) is 9.20. The summed E-state index contributed by atoms with van der Waals surface area (Å²) in [4.78, 5) is 19.2. The van der Waals surface area contributed by atoms with Gasteiger partial charge in [0.2, 0.25) is 0 Å². The zero-order valence-corrected chi connectivity index (χ0v) is 11.1. The van der Waals surface area contributed by atoms with Gasteiger partial charge >= 0.3 is 5.82 Å². The summed E-state index contributed by atoms with van der Waals surface area (Å²) in [6.45, 7) is 2.07. The Bertz CT molecular complexity index is 782. The summed E-state index contributed by atoms with van der Waals surface area (Å²) in [6, 6.07) is 7.47. The van der Waals surface area contributed by atoms with Crippen LogP contribution >= 0.6 is 11.3 Å². The summed E-state index contributed by atoms with van der Waals surface area (Å²) < 4.78 is 0.862. The van der Waals surface area contributed by atoms with Gasteiger partial charge in [0.15, 0.2) is 11.0 Å². The van der Waals surface area contributed by atoms with E-state index in [1.54, 1.807) is 6.07 Å². The van der Waals surface area contributed by atoms with Crippen LogP contribution in [0.15, 0.2) is 24.3 Å². The Labute approximate surface area is 113 Å². The lowest BCUT2D eigenvalue weighted by molar-refractivity contribution is -0.387. The van der Waals surface area contributed by atoms with E-state index >= 15 is 0 Å². The van der Waals surface area contributed by atoms with Crippen molar-refractivity contribution in [3.63, 3.8) is 0 Å². The van der Waals surface area contributed by atoms with Crippen LogP contribution in [0.25, 0.3) is 21.1 Å². The third-order valence-electron chi connectivity index (χ3n) is 2.90. The van der Waals surface area contributed by atoms with Crippen molar-refractivity contribution < 1.29 is 4.92 Å². The van der Waals surface area contributed by atoms with Crippen LogP contribution in [0.1, 0.15) is 18.4 Å². The first-order valence-electron chi connectivity index (χ1n) is 6.03. The molecular formula is C13H11N3O2S. The van der Waals surface area contributed by atoms with Crippen LogP contribution < -0.4 is 0 Å². The summed E-state index contributed by atoms with van der Waals surface area (Å²) in [6.07, 6.45) is 1.81. The largest absolute Gasteiger partial charge is 0.391 e. The van der Waals surface area contributed by atoms with Crippen LogP contribution in [-0.4, -0.2) is 14.9 Å². The molecule has 2 aromatic heterocycles. The summed E-state index contributed by atoms with van der Waals surface area (Å²) in [5.74, 6) is -0.146. The van der Waals surface area contributed by atoms with Gasteiger partial charge in [-0.15, -0.1) is 11.3 Å². The molecule has 1 aromatic carbocycles. The molecule has 0 saturated heterocycles. The third-order valence-corrected chi connectivity index (χ3v) is 4.04. The maximum Gasteiger partial charge on any atom is 0.391 e. The monoisotopic (exact) mass is 273 g/mol. The number of rotatable bonds is 3. The Morgan fingerprint density at radius 3 is 2.84 bits per heavy atom. The molecule has 5 nitrogen and oxygen atoms in total. The molecular weight excluding hydrogens is 262 g/mol. The molecule has 0 amide bonds. The molecule has 96 valence electrons. The lowest BCUT2D eigenvalue weighted by Crippen LogP contribution is -1.94. The van der Waals surface area contributed by atoms with Gasteiger partial charge in [0, 0.05) is 5.39 Å². The fraction of sp³-hybridized carbons (Fsp3) is 0.231. The Morgan fingerprint density at radius 1 is 1.32 bits per heavy atom. The molecule has 0 unspecified atom stereocenters.